The number of hydrogen-bond acceptors (Lipinski definition) is 3. The maximum atomic E-state index is 14.7. The molecule has 1 N–H and O–H groups in total. The molecule has 0 amide bonds. The zero-order valence-electron chi connectivity index (χ0n) is 22.5. The summed E-state index contributed by atoms with van der Waals surface area (Å²) in [6, 6.07) is 16.6. The second-order valence-electron chi connectivity index (χ2n) is 10.6. The smallest absolute Gasteiger partial charge is 0.371 e. The molecule has 1 aliphatic carbocycles. The van der Waals surface area contributed by atoms with Gasteiger partial charge in [-0.15, -0.1) is 0 Å². The Balaban J connectivity index is 1.54. The van der Waals surface area contributed by atoms with Crippen molar-refractivity contribution in [1.29, 1.82) is 0 Å². The van der Waals surface area contributed by atoms with Crippen molar-refractivity contribution >= 4 is 5.69 Å². The first-order chi connectivity index (χ1) is 18.4. The van der Waals surface area contributed by atoms with Crippen LogP contribution in [0.2, 0.25) is 0 Å². The van der Waals surface area contributed by atoms with Crippen molar-refractivity contribution in [2.24, 2.45) is 0 Å². The number of anilines is 1. The Morgan fingerprint density at radius 3 is 2.34 bits per heavy atom. The largest absolute Gasteiger partial charge is 0.433 e. The molecular weight excluding hydrogens is 483 g/mol. The number of aromatic nitrogens is 1. The molecule has 0 radical (unpaired) electrons. The van der Waals surface area contributed by atoms with Crippen LogP contribution < -0.4 is 10.2 Å². The summed E-state index contributed by atoms with van der Waals surface area (Å²) in [6.07, 6.45) is 2.44. The third-order valence-corrected chi connectivity index (χ3v) is 8.21. The van der Waals surface area contributed by atoms with Crippen LogP contribution in [0.15, 0.2) is 48.5 Å². The molecule has 3 aromatic rings. The fraction of sp³-hybridized carbons (Fsp3) is 0.469. The van der Waals surface area contributed by atoms with Crippen molar-refractivity contribution in [2.75, 3.05) is 24.5 Å². The molecule has 2 aromatic carbocycles. The third kappa shape index (κ3) is 5.47. The fourth-order valence-electron chi connectivity index (χ4n) is 6.32. The SMILES string of the molecule is CCc1cccc(CC)c1-c1cc(N2CCCC2)c(CCNC2CCCc3ccccc32)c(C(F)(F)F)n1. The van der Waals surface area contributed by atoms with E-state index in [0.29, 0.717) is 29.9 Å². The Kier molecular flexibility index (Phi) is 8.08. The molecular formula is C32H38F3N3. The minimum absolute atomic E-state index is 0.181. The highest BCUT2D eigenvalue weighted by Gasteiger charge is 2.38. The molecule has 38 heavy (non-hydrogen) atoms. The minimum Gasteiger partial charge on any atom is -0.371 e. The van der Waals surface area contributed by atoms with Crippen molar-refractivity contribution < 1.29 is 13.2 Å². The van der Waals surface area contributed by atoms with Crippen LogP contribution in [0.4, 0.5) is 18.9 Å². The molecule has 0 saturated carbocycles. The zero-order valence-corrected chi connectivity index (χ0v) is 22.5. The molecule has 2 aliphatic rings. The number of hydrogen-bond donors (Lipinski definition) is 1. The highest BCUT2D eigenvalue weighted by atomic mass is 19.4. The van der Waals surface area contributed by atoms with E-state index in [0.717, 1.165) is 74.7 Å². The van der Waals surface area contributed by atoms with E-state index in [9.17, 15) is 13.2 Å². The van der Waals surface area contributed by atoms with Crippen molar-refractivity contribution in [3.63, 3.8) is 0 Å². The highest BCUT2D eigenvalue weighted by molar-refractivity contribution is 5.74. The summed E-state index contributed by atoms with van der Waals surface area (Å²) in [5.41, 5.74) is 6.34. The number of fused-ring (bicyclic) bond motifs is 1. The molecule has 1 atom stereocenters. The molecule has 0 spiro atoms. The standard InChI is InChI=1S/C32H38F3N3/c1-3-22-12-9-13-23(4-2)30(22)28-21-29(38-19-7-8-20-38)26(31(37-28)32(33,34)35)17-18-36-27-16-10-14-24-11-5-6-15-25(24)27/h5-6,9,11-13,15,21,27,36H,3-4,7-8,10,14,16-20H2,1-2H3. The van der Waals surface area contributed by atoms with Crippen LogP contribution in [0.3, 0.4) is 0 Å². The van der Waals surface area contributed by atoms with E-state index in [1.54, 1.807) is 0 Å². The Hall–Kier alpha value is -2.86. The maximum absolute atomic E-state index is 14.7. The van der Waals surface area contributed by atoms with Gasteiger partial charge in [0, 0.05) is 35.9 Å². The molecule has 1 fully saturated rings. The summed E-state index contributed by atoms with van der Waals surface area (Å²) in [6.45, 7) is 6.15. The zero-order chi connectivity index (χ0) is 26.7. The van der Waals surface area contributed by atoms with Gasteiger partial charge in [-0.25, -0.2) is 4.98 Å². The van der Waals surface area contributed by atoms with E-state index < -0.39 is 11.9 Å². The maximum Gasteiger partial charge on any atom is 0.433 e. The lowest BCUT2D eigenvalue weighted by molar-refractivity contribution is -0.141. The molecule has 3 nitrogen and oxygen atoms in total. The third-order valence-electron chi connectivity index (χ3n) is 8.21. The van der Waals surface area contributed by atoms with Crippen LogP contribution in [-0.2, 0) is 31.9 Å². The van der Waals surface area contributed by atoms with Gasteiger partial charge in [-0.3, -0.25) is 0 Å². The Labute approximate surface area is 224 Å². The van der Waals surface area contributed by atoms with Crippen LogP contribution in [0, 0.1) is 0 Å². The molecule has 202 valence electrons. The van der Waals surface area contributed by atoms with E-state index in [-0.39, 0.29) is 6.04 Å². The van der Waals surface area contributed by atoms with Gasteiger partial charge in [-0.05, 0) is 86.2 Å². The molecule has 2 heterocycles. The predicted molar refractivity (Wildman–Crippen MR) is 149 cm³/mol. The first kappa shape index (κ1) is 26.7. The monoisotopic (exact) mass is 521 g/mol. The van der Waals surface area contributed by atoms with Gasteiger partial charge < -0.3 is 10.2 Å². The summed E-state index contributed by atoms with van der Waals surface area (Å²) < 4.78 is 44.0. The van der Waals surface area contributed by atoms with Crippen molar-refractivity contribution in [1.82, 2.24) is 10.3 Å². The predicted octanol–water partition coefficient (Wildman–Crippen LogP) is 7.70. The van der Waals surface area contributed by atoms with Crippen molar-refractivity contribution in [2.45, 2.75) is 77.4 Å². The van der Waals surface area contributed by atoms with Gasteiger partial charge in [-0.1, -0.05) is 56.3 Å². The van der Waals surface area contributed by atoms with Crippen LogP contribution in [-0.4, -0.2) is 24.6 Å². The number of rotatable bonds is 8. The number of benzene rings is 2. The number of pyridine rings is 1. The van der Waals surface area contributed by atoms with Gasteiger partial charge in [0.25, 0.3) is 0 Å². The van der Waals surface area contributed by atoms with Gasteiger partial charge in [0.2, 0.25) is 0 Å². The normalized spacial score (nSPS) is 17.6. The van der Waals surface area contributed by atoms with Crippen LogP contribution in [0.5, 0.6) is 0 Å². The minimum atomic E-state index is -4.52. The summed E-state index contributed by atoms with van der Waals surface area (Å²) in [5, 5.41) is 3.59. The van der Waals surface area contributed by atoms with Crippen LogP contribution >= 0.6 is 0 Å². The lowest BCUT2D eigenvalue weighted by Gasteiger charge is -2.28. The first-order valence-electron chi connectivity index (χ1n) is 14.2. The van der Waals surface area contributed by atoms with Gasteiger partial charge >= 0.3 is 6.18 Å². The molecule has 1 aromatic heterocycles. The molecule has 5 rings (SSSR count). The Morgan fingerprint density at radius 2 is 1.66 bits per heavy atom. The molecule has 6 heteroatoms. The average Bonchev–Trinajstić information content (AvgIpc) is 3.47. The Morgan fingerprint density at radius 1 is 0.947 bits per heavy atom. The van der Waals surface area contributed by atoms with Crippen LogP contribution in [0.1, 0.15) is 79.1 Å². The Bertz CT molecular complexity index is 1240. The first-order valence-corrected chi connectivity index (χ1v) is 14.2. The lowest BCUT2D eigenvalue weighted by Crippen LogP contribution is -2.29. The topological polar surface area (TPSA) is 28.2 Å². The molecule has 1 saturated heterocycles. The number of nitrogens with zero attached hydrogens (tertiary/aromatic N) is 2. The number of alkyl halides is 3. The van der Waals surface area contributed by atoms with Crippen molar-refractivity contribution in [3.8, 4) is 11.3 Å². The highest BCUT2D eigenvalue weighted by Crippen LogP contribution is 2.40. The van der Waals surface area contributed by atoms with E-state index >= 15 is 0 Å². The van der Waals surface area contributed by atoms with E-state index in [2.05, 4.69) is 33.4 Å². The second-order valence-corrected chi connectivity index (χ2v) is 10.6. The molecule has 1 aliphatic heterocycles. The summed E-state index contributed by atoms with van der Waals surface area (Å²) in [7, 11) is 0. The second kappa shape index (κ2) is 11.5. The summed E-state index contributed by atoms with van der Waals surface area (Å²) in [5.74, 6) is 0. The average molecular weight is 522 g/mol. The lowest BCUT2D eigenvalue weighted by atomic mass is 9.87. The van der Waals surface area contributed by atoms with Crippen molar-refractivity contribution in [3.05, 3.63) is 82.0 Å². The number of nitrogens with one attached hydrogen (secondary N) is 1. The number of aryl methyl sites for hydroxylation is 3. The van der Waals surface area contributed by atoms with Gasteiger partial charge in [0.15, 0.2) is 0 Å². The van der Waals surface area contributed by atoms with Gasteiger partial charge in [0.1, 0.15) is 5.69 Å². The molecule has 0 bridgehead atoms. The van der Waals surface area contributed by atoms with Gasteiger partial charge in [-0.2, -0.15) is 13.2 Å². The van der Waals surface area contributed by atoms with Crippen LogP contribution in [0.25, 0.3) is 11.3 Å². The van der Waals surface area contributed by atoms with E-state index in [4.69, 9.17) is 0 Å². The number of halogens is 3. The van der Waals surface area contributed by atoms with E-state index in [1.165, 1.54) is 11.1 Å². The summed E-state index contributed by atoms with van der Waals surface area (Å²) >= 11 is 0. The quantitative estimate of drug-likeness (QED) is 0.329. The fourth-order valence-corrected chi connectivity index (χ4v) is 6.32. The summed E-state index contributed by atoms with van der Waals surface area (Å²) in [4.78, 5) is 6.53. The van der Waals surface area contributed by atoms with E-state index in [1.807, 2.05) is 44.2 Å². The van der Waals surface area contributed by atoms with Gasteiger partial charge in [0.05, 0.1) is 5.69 Å². The molecule has 1 unspecified atom stereocenters.